The van der Waals surface area contributed by atoms with Gasteiger partial charge < -0.3 is 16.0 Å². The van der Waals surface area contributed by atoms with E-state index in [-0.39, 0.29) is 0 Å². The molecule has 162 valence electrons. The fraction of sp³-hybridized carbons (Fsp3) is 0.522. The van der Waals surface area contributed by atoms with Gasteiger partial charge in [-0.2, -0.15) is 5.10 Å². The number of H-pyrrole nitrogens is 1. The van der Waals surface area contributed by atoms with Gasteiger partial charge in [0.2, 0.25) is 0 Å². The maximum atomic E-state index is 4.92. The largest absolute Gasteiger partial charge is 0.367 e. The number of rotatable bonds is 6. The first kappa shape index (κ1) is 19.0. The van der Waals surface area contributed by atoms with Crippen molar-refractivity contribution in [1.82, 2.24) is 30.4 Å². The van der Waals surface area contributed by atoms with Crippen LogP contribution in [0.25, 0.3) is 10.9 Å². The Kier molecular flexibility index (Phi) is 4.76. The SMILES string of the molecule is Cc1cc(Nc2cc3ncccc3c(N[C@@H]3CC4CC[C@@H](C3)N4CC3CNC3)n2)n[nH]1. The maximum Gasteiger partial charge on any atom is 0.153 e. The summed E-state index contributed by atoms with van der Waals surface area (Å²) >= 11 is 0. The smallest absolute Gasteiger partial charge is 0.153 e. The molecule has 3 aliphatic heterocycles. The monoisotopic (exact) mass is 418 g/mol. The Balaban J connectivity index is 1.22. The van der Waals surface area contributed by atoms with Crippen molar-refractivity contribution in [3.63, 3.8) is 0 Å². The first-order chi connectivity index (χ1) is 15.2. The summed E-state index contributed by atoms with van der Waals surface area (Å²) in [6.07, 6.45) is 6.88. The van der Waals surface area contributed by atoms with Crippen LogP contribution in [0.4, 0.5) is 17.5 Å². The zero-order valence-electron chi connectivity index (χ0n) is 17.9. The summed E-state index contributed by atoms with van der Waals surface area (Å²) in [6.45, 7) is 5.64. The second kappa shape index (κ2) is 7.76. The highest BCUT2D eigenvalue weighted by atomic mass is 15.2. The van der Waals surface area contributed by atoms with Gasteiger partial charge in [-0.05, 0) is 50.7 Å². The van der Waals surface area contributed by atoms with E-state index < -0.39 is 0 Å². The van der Waals surface area contributed by atoms with Crippen LogP contribution in [-0.2, 0) is 0 Å². The Hall–Kier alpha value is -2.71. The van der Waals surface area contributed by atoms with Gasteiger partial charge in [0.1, 0.15) is 11.6 Å². The van der Waals surface area contributed by atoms with Crippen molar-refractivity contribution in [3.8, 4) is 0 Å². The van der Waals surface area contributed by atoms with Crippen LogP contribution in [0.2, 0.25) is 0 Å². The molecule has 3 saturated heterocycles. The predicted molar refractivity (Wildman–Crippen MR) is 123 cm³/mol. The number of aryl methyl sites for hydroxylation is 1. The third-order valence-electron chi connectivity index (χ3n) is 7.12. The minimum absolute atomic E-state index is 0.451. The first-order valence-electron chi connectivity index (χ1n) is 11.5. The van der Waals surface area contributed by atoms with E-state index in [9.17, 15) is 0 Å². The topological polar surface area (TPSA) is 93.8 Å². The van der Waals surface area contributed by atoms with Gasteiger partial charge in [0.15, 0.2) is 5.82 Å². The quantitative estimate of drug-likeness (QED) is 0.489. The van der Waals surface area contributed by atoms with Crippen molar-refractivity contribution in [2.24, 2.45) is 5.92 Å². The lowest BCUT2D eigenvalue weighted by Crippen LogP contribution is -2.54. The van der Waals surface area contributed by atoms with E-state index in [0.29, 0.717) is 18.1 Å². The molecule has 4 N–H and O–H groups in total. The molecule has 1 unspecified atom stereocenters. The van der Waals surface area contributed by atoms with Gasteiger partial charge in [-0.15, -0.1) is 0 Å². The van der Waals surface area contributed by atoms with Gasteiger partial charge in [0, 0.05) is 67.2 Å². The van der Waals surface area contributed by atoms with E-state index in [1.807, 2.05) is 31.3 Å². The van der Waals surface area contributed by atoms with Crippen LogP contribution in [0.5, 0.6) is 0 Å². The zero-order valence-corrected chi connectivity index (χ0v) is 17.9. The van der Waals surface area contributed by atoms with Crippen LogP contribution in [-0.4, -0.2) is 62.8 Å². The van der Waals surface area contributed by atoms with E-state index >= 15 is 0 Å². The number of nitrogens with one attached hydrogen (secondary N) is 4. The number of aromatic nitrogens is 4. The minimum Gasteiger partial charge on any atom is -0.367 e. The molecule has 8 heteroatoms. The molecule has 6 rings (SSSR count). The maximum absolute atomic E-state index is 4.92. The number of piperidine rings is 1. The van der Waals surface area contributed by atoms with Crippen LogP contribution in [0.3, 0.4) is 0 Å². The molecule has 3 aromatic heterocycles. The second-order valence-corrected chi connectivity index (χ2v) is 9.41. The molecular weight excluding hydrogens is 388 g/mol. The Labute approximate surface area is 182 Å². The zero-order chi connectivity index (χ0) is 20.8. The van der Waals surface area contributed by atoms with E-state index in [1.54, 1.807) is 0 Å². The molecule has 2 bridgehead atoms. The van der Waals surface area contributed by atoms with Crippen molar-refractivity contribution < 1.29 is 0 Å². The average Bonchev–Trinajstić information content (AvgIpc) is 3.23. The molecule has 0 aromatic carbocycles. The average molecular weight is 419 g/mol. The van der Waals surface area contributed by atoms with E-state index in [1.165, 1.54) is 45.3 Å². The molecule has 8 nitrogen and oxygen atoms in total. The lowest BCUT2D eigenvalue weighted by molar-refractivity contribution is 0.0963. The standard InChI is InChI=1S/C23H30N8/c1-14-7-22(30-29-14)27-21-10-20-19(3-2-6-25-20)23(28-21)26-16-8-17-4-5-18(9-16)31(17)13-15-11-24-12-15/h2-3,6-7,10,15-18,24H,4-5,8-9,11-13H2,1H3,(H3,26,27,28,29,30)/t16-,17-,18?/m0/s1. The molecule has 0 radical (unpaired) electrons. The molecule has 0 amide bonds. The van der Waals surface area contributed by atoms with E-state index in [0.717, 1.165) is 40.0 Å². The van der Waals surface area contributed by atoms with Gasteiger partial charge in [0.25, 0.3) is 0 Å². The van der Waals surface area contributed by atoms with Crippen LogP contribution in [0, 0.1) is 12.8 Å². The molecule has 31 heavy (non-hydrogen) atoms. The van der Waals surface area contributed by atoms with Crippen molar-refractivity contribution in [2.75, 3.05) is 30.3 Å². The first-order valence-corrected chi connectivity index (χ1v) is 11.5. The van der Waals surface area contributed by atoms with Crippen molar-refractivity contribution in [2.45, 2.75) is 50.7 Å². The molecule has 6 heterocycles. The number of nitrogens with zero attached hydrogens (tertiary/aromatic N) is 4. The highest BCUT2D eigenvalue weighted by Gasteiger charge is 2.42. The molecule has 0 saturated carbocycles. The molecule has 3 atom stereocenters. The fourth-order valence-electron chi connectivity index (χ4n) is 5.52. The van der Waals surface area contributed by atoms with Crippen LogP contribution < -0.4 is 16.0 Å². The minimum atomic E-state index is 0.451. The third kappa shape index (κ3) is 3.74. The van der Waals surface area contributed by atoms with Crippen molar-refractivity contribution >= 4 is 28.4 Å². The van der Waals surface area contributed by atoms with Gasteiger partial charge in [-0.25, -0.2) is 4.98 Å². The number of aromatic amines is 1. The summed E-state index contributed by atoms with van der Waals surface area (Å²) in [5.74, 6) is 3.29. The van der Waals surface area contributed by atoms with Gasteiger partial charge >= 0.3 is 0 Å². The van der Waals surface area contributed by atoms with E-state index in [2.05, 4.69) is 42.1 Å². The molecule has 3 aliphatic rings. The van der Waals surface area contributed by atoms with Crippen molar-refractivity contribution in [1.29, 1.82) is 0 Å². The summed E-state index contributed by atoms with van der Waals surface area (Å²) in [5.41, 5.74) is 1.95. The predicted octanol–water partition coefficient (Wildman–Crippen LogP) is 3.03. The van der Waals surface area contributed by atoms with E-state index in [4.69, 9.17) is 4.98 Å². The Morgan fingerprint density at radius 1 is 1.13 bits per heavy atom. The summed E-state index contributed by atoms with van der Waals surface area (Å²) in [4.78, 5) is 12.3. The van der Waals surface area contributed by atoms with Gasteiger partial charge in [0.05, 0.1) is 5.52 Å². The number of pyridine rings is 2. The number of fused-ring (bicyclic) bond motifs is 3. The highest BCUT2D eigenvalue weighted by Crippen LogP contribution is 2.38. The van der Waals surface area contributed by atoms with Crippen LogP contribution in [0.1, 0.15) is 31.4 Å². The highest BCUT2D eigenvalue weighted by molar-refractivity contribution is 5.91. The summed E-state index contributed by atoms with van der Waals surface area (Å²) < 4.78 is 0. The van der Waals surface area contributed by atoms with Crippen molar-refractivity contribution in [3.05, 3.63) is 36.2 Å². The fourth-order valence-corrected chi connectivity index (χ4v) is 5.52. The number of anilines is 3. The van der Waals surface area contributed by atoms with Crippen LogP contribution >= 0.6 is 0 Å². The number of hydrogen-bond acceptors (Lipinski definition) is 7. The van der Waals surface area contributed by atoms with Gasteiger partial charge in [-0.3, -0.25) is 15.0 Å². The lowest BCUT2D eigenvalue weighted by Gasteiger charge is -2.42. The summed E-state index contributed by atoms with van der Waals surface area (Å²) in [7, 11) is 0. The Bertz CT molecular complexity index is 1060. The third-order valence-corrected chi connectivity index (χ3v) is 7.12. The Morgan fingerprint density at radius 2 is 1.97 bits per heavy atom. The van der Waals surface area contributed by atoms with Crippen LogP contribution in [0.15, 0.2) is 30.5 Å². The summed E-state index contributed by atoms with van der Waals surface area (Å²) in [5, 5.41) is 18.9. The molecule has 0 aliphatic carbocycles. The summed E-state index contributed by atoms with van der Waals surface area (Å²) in [6, 6.07) is 9.91. The molecule has 3 fully saturated rings. The second-order valence-electron chi connectivity index (χ2n) is 9.41. The molecule has 0 spiro atoms. The molecule has 3 aromatic rings. The number of hydrogen-bond donors (Lipinski definition) is 4. The van der Waals surface area contributed by atoms with Gasteiger partial charge in [-0.1, -0.05) is 0 Å². The lowest BCUT2D eigenvalue weighted by atomic mass is 9.94. The Morgan fingerprint density at radius 3 is 2.68 bits per heavy atom. The normalized spacial score (nSPS) is 26.2. The molecular formula is C23H30N8.